The van der Waals surface area contributed by atoms with Crippen molar-refractivity contribution in [3.63, 3.8) is 0 Å². The minimum atomic E-state index is -3.66. The molecule has 2 aromatic rings. The molecule has 29 heavy (non-hydrogen) atoms. The summed E-state index contributed by atoms with van der Waals surface area (Å²) in [6, 6.07) is 10.2. The number of benzene rings is 1. The average Bonchev–Trinajstić information content (AvgIpc) is 2.67. The first kappa shape index (κ1) is 21.9. The van der Waals surface area contributed by atoms with E-state index in [0.717, 1.165) is 11.8 Å². The summed E-state index contributed by atoms with van der Waals surface area (Å²) in [7, 11) is -7.09. The van der Waals surface area contributed by atoms with E-state index in [9.17, 15) is 16.8 Å². The van der Waals surface area contributed by atoms with Crippen LogP contribution in [0, 0.1) is 0 Å². The molecule has 1 aromatic heterocycles. The van der Waals surface area contributed by atoms with Gasteiger partial charge in [0.25, 0.3) is 0 Å². The molecule has 1 aromatic carbocycles. The topological polar surface area (TPSA) is 84.4 Å². The molecule has 6 nitrogen and oxygen atoms in total. The van der Waals surface area contributed by atoms with Gasteiger partial charge in [-0.15, -0.1) is 0 Å². The highest BCUT2D eigenvalue weighted by atomic mass is 32.2. The standard InChI is InChI=1S/C21H28N2O4S2/c1-21(2,3)17-9-11-18(12-10-17)29(26,27)23-14-6-7-16(15-23)20-19(28(4,24)25)8-5-13-22-20/h5,8-13,16H,6-7,14-15H2,1-4H3/t16-/m1/s1. The maximum Gasteiger partial charge on any atom is 0.243 e. The summed E-state index contributed by atoms with van der Waals surface area (Å²) in [5.74, 6) is -0.252. The summed E-state index contributed by atoms with van der Waals surface area (Å²) >= 11 is 0. The van der Waals surface area contributed by atoms with Gasteiger partial charge in [-0.25, -0.2) is 16.8 Å². The smallest absolute Gasteiger partial charge is 0.243 e. The van der Waals surface area contributed by atoms with Crippen LogP contribution in [0.1, 0.15) is 50.8 Å². The van der Waals surface area contributed by atoms with Crippen LogP contribution in [0.25, 0.3) is 0 Å². The molecule has 2 heterocycles. The van der Waals surface area contributed by atoms with Crippen molar-refractivity contribution in [2.45, 2.75) is 54.7 Å². The molecule has 0 unspecified atom stereocenters. The molecule has 1 saturated heterocycles. The fourth-order valence-electron chi connectivity index (χ4n) is 3.68. The largest absolute Gasteiger partial charge is 0.260 e. The molecule has 0 N–H and O–H groups in total. The van der Waals surface area contributed by atoms with E-state index >= 15 is 0 Å². The van der Waals surface area contributed by atoms with Gasteiger partial charge in [-0.3, -0.25) is 4.98 Å². The van der Waals surface area contributed by atoms with Crippen molar-refractivity contribution in [1.29, 1.82) is 0 Å². The summed E-state index contributed by atoms with van der Waals surface area (Å²) < 4.78 is 52.1. The predicted octanol–water partition coefficient (Wildman–Crippen LogP) is 3.35. The van der Waals surface area contributed by atoms with Crippen molar-refractivity contribution in [3.05, 3.63) is 53.9 Å². The first-order chi connectivity index (χ1) is 13.4. The van der Waals surface area contributed by atoms with Gasteiger partial charge in [0.2, 0.25) is 10.0 Å². The number of pyridine rings is 1. The normalized spacial score (nSPS) is 19.2. The van der Waals surface area contributed by atoms with Gasteiger partial charge in [0.1, 0.15) is 0 Å². The number of aromatic nitrogens is 1. The molecule has 0 aliphatic carbocycles. The van der Waals surface area contributed by atoms with Gasteiger partial charge in [0, 0.05) is 31.5 Å². The first-order valence-electron chi connectivity index (χ1n) is 9.66. The molecule has 0 amide bonds. The Labute approximate surface area is 173 Å². The summed E-state index contributed by atoms with van der Waals surface area (Å²) in [6.07, 6.45) is 4.07. The summed E-state index contributed by atoms with van der Waals surface area (Å²) in [4.78, 5) is 4.74. The zero-order chi connectivity index (χ0) is 21.4. The van der Waals surface area contributed by atoms with E-state index in [1.165, 1.54) is 10.4 Å². The molecule has 3 rings (SSSR count). The molecular weight excluding hydrogens is 408 g/mol. The number of hydrogen-bond acceptors (Lipinski definition) is 5. The highest BCUT2D eigenvalue weighted by Gasteiger charge is 2.33. The van der Waals surface area contributed by atoms with Crippen molar-refractivity contribution < 1.29 is 16.8 Å². The Morgan fingerprint density at radius 3 is 2.28 bits per heavy atom. The van der Waals surface area contributed by atoms with Crippen LogP contribution in [0.4, 0.5) is 0 Å². The number of hydrogen-bond donors (Lipinski definition) is 0. The second kappa shape index (κ2) is 7.81. The summed E-state index contributed by atoms with van der Waals surface area (Å²) in [5, 5.41) is 0. The van der Waals surface area contributed by atoms with Crippen LogP contribution in [-0.4, -0.2) is 45.5 Å². The Morgan fingerprint density at radius 2 is 1.69 bits per heavy atom. The second-order valence-electron chi connectivity index (χ2n) is 8.64. The predicted molar refractivity (Wildman–Crippen MR) is 113 cm³/mol. The van der Waals surface area contributed by atoms with E-state index in [0.29, 0.717) is 25.1 Å². The maximum atomic E-state index is 13.2. The Morgan fingerprint density at radius 1 is 1.03 bits per heavy atom. The lowest BCUT2D eigenvalue weighted by Crippen LogP contribution is -2.39. The van der Waals surface area contributed by atoms with Gasteiger partial charge in [-0.05, 0) is 48.1 Å². The minimum absolute atomic E-state index is 0.0560. The third kappa shape index (κ3) is 4.70. The average molecular weight is 437 g/mol. The van der Waals surface area contributed by atoms with Crippen molar-refractivity contribution in [1.82, 2.24) is 9.29 Å². The zero-order valence-corrected chi connectivity index (χ0v) is 18.9. The van der Waals surface area contributed by atoms with Crippen LogP contribution >= 0.6 is 0 Å². The van der Waals surface area contributed by atoms with Crippen molar-refractivity contribution in [2.75, 3.05) is 19.3 Å². The molecule has 8 heteroatoms. The lowest BCUT2D eigenvalue weighted by atomic mass is 9.87. The van der Waals surface area contributed by atoms with Gasteiger partial charge in [0.15, 0.2) is 9.84 Å². The van der Waals surface area contributed by atoms with Gasteiger partial charge < -0.3 is 0 Å². The second-order valence-corrected chi connectivity index (χ2v) is 12.6. The third-order valence-corrected chi connectivity index (χ3v) is 8.35. The van der Waals surface area contributed by atoms with Crippen LogP contribution in [-0.2, 0) is 25.3 Å². The van der Waals surface area contributed by atoms with E-state index in [4.69, 9.17) is 0 Å². The molecule has 1 fully saturated rings. The molecule has 0 saturated carbocycles. The van der Waals surface area contributed by atoms with Crippen LogP contribution < -0.4 is 0 Å². The van der Waals surface area contributed by atoms with Crippen LogP contribution in [0.2, 0.25) is 0 Å². The Kier molecular flexibility index (Phi) is 5.91. The van der Waals surface area contributed by atoms with E-state index in [2.05, 4.69) is 25.8 Å². The monoisotopic (exact) mass is 436 g/mol. The lowest BCUT2D eigenvalue weighted by Gasteiger charge is -2.32. The number of nitrogens with zero attached hydrogens (tertiary/aromatic N) is 2. The quantitative estimate of drug-likeness (QED) is 0.734. The van der Waals surface area contributed by atoms with Crippen molar-refractivity contribution in [3.8, 4) is 0 Å². The number of sulfonamides is 1. The summed E-state index contributed by atoms with van der Waals surface area (Å²) in [6.45, 7) is 6.89. The number of rotatable bonds is 4. The number of piperidine rings is 1. The third-order valence-electron chi connectivity index (χ3n) is 5.33. The SMILES string of the molecule is CC(C)(C)c1ccc(S(=O)(=O)N2CCC[C@@H](c3ncccc3S(C)(=O)=O)C2)cc1. The number of sulfone groups is 1. The fourth-order valence-corrected chi connectivity index (χ4v) is 6.13. The van der Waals surface area contributed by atoms with Gasteiger partial charge in [-0.1, -0.05) is 32.9 Å². The molecular formula is C21H28N2O4S2. The van der Waals surface area contributed by atoms with Gasteiger partial charge >= 0.3 is 0 Å². The van der Waals surface area contributed by atoms with Crippen molar-refractivity contribution >= 4 is 19.9 Å². The Hall–Kier alpha value is -1.77. The summed E-state index contributed by atoms with van der Waals surface area (Å²) in [5.41, 5.74) is 1.47. The van der Waals surface area contributed by atoms with E-state index in [1.807, 2.05) is 12.1 Å². The maximum absolute atomic E-state index is 13.2. The van der Waals surface area contributed by atoms with E-state index in [-0.39, 0.29) is 27.7 Å². The van der Waals surface area contributed by atoms with E-state index < -0.39 is 19.9 Å². The molecule has 1 aliphatic rings. The molecule has 0 spiro atoms. The Balaban J connectivity index is 1.90. The van der Waals surface area contributed by atoms with Crippen LogP contribution in [0.15, 0.2) is 52.4 Å². The van der Waals surface area contributed by atoms with E-state index in [1.54, 1.807) is 24.4 Å². The molecule has 0 bridgehead atoms. The lowest BCUT2D eigenvalue weighted by molar-refractivity contribution is 0.310. The van der Waals surface area contributed by atoms with Crippen molar-refractivity contribution in [2.24, 2.45) is 0 Å². The molecule has 1 aliphatic heterocycles. The van der Waals surface area contributed by atoms with Gasteiger partial charge in [-0.2, -0.15) is 4.31 Å². The first-order valence-corrected chi connectivity index (χ1v) is 13.0. The molecule has 1 atom stereocenters. The molecule has 0 radical (unpaired) electrons. The highest BCUT2D eigenvalue weighted by Crippen LogP contribution is 2.33. The highest BCUT2D eigenvalue weighted by molar-refractivity contribution is 7.90. The van der Waals surface area contributed by atoms with Crippen LogP contribution in [0.5, 0.6) is 0 Å². The molecule has 158 valence electrons. The van der Waals surface area contributed by atoms with Crippen LogP contribution in [0.3, 0.4) is 0 Å². The fraction of sp³-hybridized carbons (Fsp3) is 0.476. The minimum Gasteiger partial charge on any atom is -0.260 e. The van der Waals surface area contributed by atoms with Gasteiger partial charge in [0.05, 0.1) is 15.5 Å². The zero-order valence-electron chi connectivity index (χ0n) is 17.3. The Bertz CT molecular complexity index is 1090.